The minimum atomic E-state index is 0.122. The van der Waals surface area contributed by atoms with Crippen molar-refractivity contribution >= 4 is 5.69 Å². The van der Waals surface area contributed by atoms with Crippen LogP contribution >= 0.6 is 0 Å². The zero-order valence-corrected chi connectivity index (χ0v) is 9.70. The Morgan fingerprint density at radius 3 is 2.67 bits per heavy atom. The first-order valence-electron chi connectivity index (χ1n) is 5.26. The lowest BCUT2D eigenvalue weighted by molar-refractivity contribution is 0.454. The molecule has 0 bridgehead atoms. The van der Waals surface area contributed by atoms with Crippen molar-refractivity contribution in [3.63, 3.8) is 0 Å². The van der Waals surface area contributed by atoms with E-state index in [1.807, 2.05) is 12.1 Å². The standard InChI is InChI=1S/C13H16N2/c1-9-13(2,3)11-7-10(8-14)5-6-12(11)15(9)4/h5-7,9H,1-4H3. The summed E-state index contributed by atoms with van der Waals surface area (Å²) in [6.07, 6.45) is 0. The summed E-state index contributed by atoms with van der Waals surface area (Å²) < 4.78 is 0. The van der Waals surface area contributed by atoms with Crippen LogP contribution in [-0.2, 0) is 5.41 Å². The van der Waals surface area contributed by atoms with Crippen molar-refractivity contribution in [2.45, 2.75) is 32.2 Å². The molecule has 1 aliphatic heterocycles. The Morgan fingerprint density at radius 1 is 1.40 bits per heavy atom. The quantitative estimate of drug-likeness (QED) is 0.643. The first-order chi connectivity index (χ1) is 6.98. The summed E-state index contributed by atoms with van der Waals surface area (Å²) in [7, 11) is 2.12. The zero-order valence-electron chi connectivity index (χ0n) is 9.70. The first-order valence-corrected chi connectivity index (χ1v) is 5.26. The second-order valence-corrected chi connectivity index (χ2v) is 4.85. The molecule has 0 spiro atoms. The number of nitriles is 1. The zero-order chi connectivity index (χ0) is 11.2. The van der Waals surface area contributed by atoms with Gasteiger partial charge in [0.05, 0.1) is 11.6 Å². The van der Waals surface area contributed by atoms with Crippen LogP contribution in [0.2, 0.25) is 0 Å². The van der Waals surface area contributed by atoms with Crippen LogP contribution in [0, 0.1) is 11.3 Å². The van der Waals surface area contributed by atoms with E-state index in [4.69, 9.17) is 5.26 Å². The maximum absolute atomic E-state index is 8.91. The van der Waals surface area contributed by atoms with E-state index in [9.17, 15) is 0 Å². The Balaban J connectivity index is 2.63. The monoisotopic (exact) mass is 200 g/mol. The lowest BCUT2D eigenvalue weighted by Gasteiger charge is -2.28. The van der Waals surface area contributed by atoms with Gasteiger partial charge in [-0.2, -0.15) is 5.26 Å². The minimum absolute atomic E-state index is 0.122. The van der Waals surface area contributed by atoms with E-state index >= 15 is 0 Å². The van der Waals surface area contributed by atoms with Gasteiger partial charge in [-0.3, -0.25) is 0 Å². The average Bonchev–Trinajstić information content (AvgIpc) is 2.40. The summed E-state index contributed by atoms with van der Waals surface area (Å²) in [6, 6.07) is 8.65. The second-order valence-electron chi connectivity index (χ2n) is 4.85. The highest BCUT2D eigenvalue weighted by molar-refractivity contribution is 5.65. The fourth-order valence-corrected chi connectivity index (χ4v) is 2.35. The third-order valence-corrected chi connectivity index (χ3v) is 3.83. The summed E-state index contributed by atoms with van der Waals surface area (Å²) in [5, 5.41) is 8.91. The normalized spacial score (nSPS) is 22.3. The van der Waals surface area contributed by atoms with Gasteiger partial charge in [0, 0.05) is 24.2 Å². The molecule has 1 aromatic rings. The number of anilines is 1. The van der Waals surface area contributed by atoms with Gasteiger partial charge in [0.25, 0.3) is 0 Å². The van der Waals surface area contributed by atoms with Crippen molar-refractivity contribution in [1.29, 1.82) is 5.26 Å². The molecule has 0 aliphatic carbocycles. The van der Waals surface area contributed by atoms with Crippen LogP contribution in [0.3, 0.4) is 0 Å². The molecule has 2 nitrogen and oxygen atoms in total. The predicted octanol–water partition coefficient (Wildman–Crippen LogP) is 2.67. The number of rotatable bonds is 0. The van der Waals surface area contributed by atoms with E-state index in [0.29, 0.717) is 6.04 Å². The molecule has 1 atom stereocenters. The third-order valence-electron chi connectivity index (χ3n) is 3.83. The van der Waals surface area contributed by atoms with Crippen LogP contribution in [0.15, 0.2) is 18.2 Å². The molecule has 0 fully saturated rings. The maximum Gasteiger partial charge on any atom is 0.0991 e. The number of hydrogen-bond acceptors (Lipinski definition) is 2. The molecule has 0 aromatic heterocycles. The fraction of sp³-hybridized carbons (Fsp3) is 0.462. The van der Waals surface area contributed by atoms with Gasteiger partial charge in [-0.1, -0.05) is 13.8 Å². The summed E-state index contributed by atoms with van der Waals surface area (Å²) >= 11 is 0. The Kier molecular flexibility index (Phi) is 2.01. The number of hydrogen-bond donors (Lipinski definition) is 0. The van der Waals surface area contributed by atoms with Gasteiger partial charge in [0.15, 0.2) is 0 Å². The van der Waals surface area contributed by atoms with Crippen molar-refractivity contribution in [2.75, 3.05) is 11.9 Å². The number of fused-ring (bicyclic) bond motifs is 1. The van der Waals surface area contributed by atoms with Crippen molar-refractivity contribution in [2.24, 2.45) is 0 Å². The lowest BCUT2D eigenvalue weighted by Crippen LogP contribution is -2.36. The highest BCUT2D eigenvalue weighted by atomic mass is 15.2. The largest absolute Gasteiger partial charge is 0.371 e. The predicted molar refractivity (Wildman–Crippen MR) is 62.0 cm³/mol. The van der Waals surface area contributed by atoms with E-state index in [-0.39, 0.29) is 5.41 Å². The average molecular weight is 200 g/mol. The Morgan fingerprint density at radius 2 is 2.07 bits per heavy atom. The van der Waals surface area contributed by atoms with Gasteiger partial charge in [-0.05, 0) is 30.7 Å². The molecule has 0 saturated heterocycles. The van der Waals surface area contributed by atoms with E-state index in [2.05, 4.69) is 44.9 Å². The van der Waals surface area contributed by atoms with Gasteiger partial charge < -0.3 is 4.90 Å². The molecule has 1 heterocycles. The molecule has 0 N–H and O–H groups in total. The van der Waals surface area contributed by atoms with Crippen LogP contribution in [0.25, 0.3) is 0 Å². The number of benzene rings is 1. The van der Waals surface area contributed by atoms with Crippen LogP contribution in [0.1, 0.15) is 31.9 Å². The van der Waals surface area contributed by atoms with Gasteiger partial charge in [-0.15, -0.1) is 0 Å². The van der Waals surface area contributed by atoms with Crippen LogP contribution in [0.4, 0.5) is 5.69 Å². The fourth-order valence-electron chi connectivity index (χ4n) is 2.35. The van der Waals surface area contributed by atoms with Gasteiger partial charge in [0.2, 0.25) is 0 Å². The van der Waals surface area contributed by atoms with Gasteiger partial charge in [-0.25, -0.2) is 0 Å². The second kappa shape index (κ2) is 3.00. The number of nitrogens with zero attached hydrogens (tertiary/aromatic N) is 2. The summed E-state index contributed by atoms with van der Waals surface area (Å²) in [5.41, 5.74) is 3.42. The molecule has 2 rings (SSSR count). The van der Waals surface area contributed by atoms with Crippen molar-refractivity contribution < 1.29 is 0 Å². The van der Waals surface area contributed by atoms with E-state index in [1.165, 1.54) is 11.3 Å². The van der Waals surface area contributed by atoms with Crippen LogP contribution in [0.5, 0.6) is 0 Å². The molecular formula is C13H16N2. The molecule has 1 unspecified atom stereocenters. The third kappa shape index (κ3) is 1.23. The highest BCUT2D eigenvalue weighted by Gasteiger charge is 2.40. The van der Waals surface area contributed by atoms with Crippen LogP contribution in [-0.4, -0.2) is 13.1 Å². The molecule has 78 valence electrons. The van der Waals surface area contributed by atoms with Crippen LogP contribution < -0.4 is 4.90 Å². The maximum atomic E-state index is 8.91. The first kappa shape index (κ1) is 10.0. The molecule has 15 heavy (non-hydrogen) atoms. The van der Waals surface area contributed by atoms with E-state index in [0.717, 1.165) is 5.56 Å². The Labute approximate surface area is 91.1 Å². The van der Waals surface area contributed by atoms with E-state index < -0.39 is 0 Å². The van der Waals surface area contributed by atoms with Crippen molar-refractivity contribution in [3.05, 3.63) is 29.3 Å². The molecule has 0 amide bonds. The lowest BCUT2D eigenvalue weighted by atomic mass is 9.81. The molecule has 1 aliphatic rings. The summed E-state index contributed by atoms with van der Waals surface area (Å²) in [6.45, 7) is 6.70. The SMILES string of the molecule is CC1N(C)c2ccc(C#N)cc2C1(C)C. The Bertz CT molecular complexity index is 440. The van der Waals surface area contributed by atoms with Crippen molar-refractivity contribution in [1.82, 2.24) is 0 Å². The Hall–Kier alpha value is -1.49. The summed E-state index contributed by atoms with van der Waals surface area (Å²) in [4.78, 5) is 2.29. The molecule has 2 heteroatoms. The number of likely N-dealkylation sites (N-methyl/N-ethyl adjacent to an activating group) is 1. The van der Waals surface area contributed by atoms with E-state index in [1.54, 1.807) is 0 Å². The van der Waals surface area contributed by atoms with Gasteiger partial charge in [0.1, 0.15) is 0 Å². The molecular weight excluding hydrogens is 184 g/mol. The molecule has 0 radical (unpaired) electrons. The summed E-state index contributed by atoms with van der Waals surface area (Å²) in [5.74, 6) is 0. The van der Waals surface area contributed by atoms with Crippen molar-refractivity contribution in [3.8, 4) is 6.07 Å². The van der Waals surface area contributed by atoms with Gasteiger partial charge >= 0.3 is 0 Å². The topological polar surface area (TPSA) is 27.0 Å². The minimum Gasteiger partial charge on any atom is -0.371 e. The highest BCUT2D eigenvalue weighted by Crippen LogP contribution is 2.44. The molecule has 1 aromatic carbocycles. The molecule has 0 saturated carbocycles. The smallest absolute Gasteiger partial charge is 0.0991 e.